The second kappa shape index (κ2) is 33.8. The Kier molecular flexibility index (Phi) is 25.5. The molecule has 0 bridgehead atoms. The van der Waals surface area contributed by atoms with Gasteiger partial charge in [-0.1, -0.05) is 173 Å². The number of benzene rings is 4. The van der Waals surface area contributed by atoms with Crippen molar-refractivity contribution in [3.8, 4) is 0 Å². The number of carbonyl (C=O) groups excluding carboxylic acids is 8. The van der Waals surface area contributed by atoms with Gasteiger partial charge in [-0.3, -0.25) is 38.4 Å². The second-order valence-corrected chi connectivity index (χ2v) is 24.7. The monoisotopic (exact) mass is 1200 g/mol. The minimum Gasteiger partial charge on any atom is -0.354 e. The Bertz CT molecular complexity index is 2620. The van der Waals surface area contributed by atoms with E-state index in [-0.39, 0.29) is 47.3 Å². The van der Waals surface area contributed by atoms with E-state index in [1.165, 1.54) is 0 Å². The van der Waals surface area contributed by atoms with Crippen LogP contribution in [0.3, 0.4) is 0 Å². The Morgan fingerprint density at radius 3 is 1.02 bits per heavy atom. The van der Waals surface area contributed by atoms with Crippen molar-refractivity contribution in [2.45, 2.75) is 190 Å². The van der Waals surface area contributed by atoms with E-state index in [1.54, 1.807) is 37.7 Å². The van der Waals surface area contributed by atoms with Crippen LogP contribution in [0.2, 0.25) is 0 Å². The average Bonchev–Trinajstić information content (AvgIpc) is 4.40. The molecule has 0 spiro atoms. The molecule has 2 saturated carbocycles. The highest BCUT2D eigenvalue weighted by Crippen LogP contribution is 2.34. The first-order valence-electron chi connectivity index (χ1n) is 32.7. The third-order valence-corrected chi connectivity index (χ3v) is 18.9. The van der Waals surface area contributed by atoms with Crippen LogP contribution in [0.5, 0.6) is 0 Å². The average molecular weight is 1210 g/mol. The van der Waals surface area contributed by atoms with Crippen molar-refractivity contribution in [1.82, 2.24) is 52.3 Å². The molecule has 2 aliphatic carbocycles. The Labute approximate surface area is 521 Å². The molecule has 2 heterocycles. The smallest absolute Gasteiger partial charge is 0.246 e. The van der Waals surface area contributed by atoms with Crippen LogP contribution in [-0.4, -0.2) is 146 Å². The third kappa shape index (κ3) is 17.7. The van der Waals surface area contributed by atoms with Crippen LogP contribution in [-0.2, 0) is 38.4 Å². The van der Waals surface area contributed by atoms with Gasteiger partial charge in [-0.05, 0) is 126 Å². The molecule has 8 atom stereocenters. The highest BCUT2D eigenvalue weighted by Gasteiger charge is 2.45. The molecule has 8 N–H and O–H groups in total. The first kappa shape index (κ1) is 66.5. The Morgan fingerprint density at radius 1 is 0.398 bits per heavy atom. The van der Waals surface area contributed by atoms with Gasteiger partial charge in [-0.25, -0.2) is 0 Å². The predicted octanol–water partition coefficient (Wildman–Crippen LogP) is 6.74. The fraction of sp³-hybridized carbons (Fsp3) is 0.543. The number of hydrogen-bond donors (Lipinski definition) is 8. The summed E-state index contributed by atoms with van der Waals surface area (Å²) >= 11 is 0. The van der Waals surface area contributed by atoms with Gasteiger partial charge in [0.1, 0.15) is 36.3 Å². The summed E-state index contributed by atoms with van der Waals surface area (Å²) in [6.07, 6.45) is 14.0. The molecular weight excluding hydrogens is 1110 g/mol. The van der Waals surface area contributed by atoms with Crippen LogP contribution < -0.4 is 42.5 Å². The highest BCUT2D eigenvalue weighted by atomic mass is 16.2. The summed E-state index contributed by atoms with van der Waals surface area (Å²) in [5, 5.41) is 24.7. The Balaban J connectivity index is 0.921. The Morgan fingerprint density at radius 2 is 0.716 bits per heavy atom. The van der Waals surface area contributed by atoms with E-state index in [0.717, 1.165) is 99.3 Å². The molecule has 8 amide bonds. The lowest BCUT2D eigenvalue weighted by molar-refractivity contribution is -0.143. The molecule has 2 aliphatic heterocycles. The van der Waals surface area contributed by atoms with Gasteiger partial charge in [0.05, 0.1) is 12.1 Å². The number of hydrogen-bond acceptors (Lipinski definition) is 10. The molecule has 18 nitrogen and oxygen atoms in total. The van der Waals surface area contributed by atoms with Crippen molar-refractivity contribution in [3.05, 3.63) is 144 Å². The van der Waals surface area contributed by atoms with Gasteiger partial charge in [0, 0.05) is 38.0 Å². The van der Waals surface area contributed by atoms with Crippen molar-refractivity contribution in [3.63, 3.8) is 0 Å². The summed E-state index contributed by atoms with van der Waals surface area (Å²) in [4.78, 5) is 118. The maximum atomic E-state index is 14.8. The maximum absolute atomic E-state index is 14.8. The van der Waals surface area contributed by atoms with Crippen LogP contribution in [0.4, 0.5) is 0 Å². The van der Waals surface area contributed by atoms with Gasteiger partial charge in [0.2, 0.25) is 47.3 Å². The van der Waals surface area contributed by atoms with Crippen LogP contribution in [0.25, 0.3) is 0 Å². The standard InChI is InChI=1S/C70H96N10O8/c1-47(71-3)63(81)75-59(53-37-21-11-22-38-53)69(87)79-45-27-41-55(79)65(83)77-61(57(49-29-13-7-14-30-49)50-31-15-8-16-32-50)67(85)73-43-25-5-6-26-44-74-68(86)62(58(51-33-17-9-18-34-51)52-35-19-10-20-36-52)78-66(84)56-42-28-46-80(56)70(88)60(54-39-23-12-24-40-54)76-64(82)48(2)72-4/h7-10,13-20,29-36,47-48,53-62,71-72H,5-6,11-12,21-28,37-46H2,1-4H3,(H,73,85)(H,74,86)(H,75,81)(H,76,82)(H,77,83)(H,78,84). The highest BCUT2D eigenvalue weighted by molar-refractivity contribution is 5.97. The van der Waals surface area contributed by atoms with E-state index in [9.17, 15) is 38.4 Å². The number of amides is 8. The lowest BCUT2D eigenvalue weighted by Gasteiger charge is -2.36. The summed E-state index contributed by atoms with van der Waals surface area (Å²) in [6, 6.07) is 32.3. The minimum absolute atomic E-state index is 0.0457. The minimum atomic E-state index is -1.05. The van der Waals surface area contributed by atoms with Gasteiger partial charge in [-0.15, -0.1) is 0 Å². The zero-order valence-electron chi connectivity index (χ0n) is 52.2. The van der Waals surface area contributed by atoms with E-state index in [2.05, 4.69) is 42.5 Å². The SMILES string of the molecule is CNC(C)C(=O)NC(C(=O)N1CCCC1C(=O)NC(C(=O)NCCCCCCNC(=O)C(NC(=O)C1CCCN1C(=O)C(NC(=O)C(C)NC)C1CCCCC1)C(c1ccccc1)c1ccccc1)C(c1ccccc1)c1ccccc1)C1CCCCC1. The van der Waals surface area contributed by atoms with E-state index in [0.29, 0.717) is 64.7 Å². The lowest BCUT2D eigenvalue weighted by atomic mass is 9.83. The van der Waals surface area contributed by atoms with Crippen LogP contribution in [0.1, 0.15) is 164 Å². The summed E-state index contributed by atoms with van der Waals surface area (Å²) in [5.41, 5.74) is 3.36. The number of unbranched alkanes of at least 4 members (excludes halogenated alkanes) is 3. The molecule has 8 rings (SSSR count). The first-order chi connectivity index (χ1) is 42.8. The fourth-order valence-corrected chi connectivity index (χ4v) is 13.6. The molecule has 4 aliphatic rings. The number of rotatable bonds is 29. The second-order valence-electron chi connectivity index (χ2n) is 24.7. The van der Waals surface area contributed by atoms with Crippen molar-refractivity contribution in [1.29, 1.82) is 0 Å². The van der Waals surface area contributed by atoms with Crippen LogP contribution in [0.15, 0.2) is 121 Å². The first-order valence-corrected chi connectivity index (χ1v) is 32.7. The van der Waals surface area contributed by atoms with Crippen molar-refractivity contribution < 1.29 is 38.4 Å². The molecule has 4 fully saturated rings. The van der Waals surface area contributed by atoms with Crippen molar-refractivity contribution >= 4 is 47.3 Å². The molecule has 18 heteroatoms. The zero-order valence-corrected chi connectivity index (χ0v) is 52.2. The summed E-state index contributed by atoms with van der Waals surface area (Å²) < 4.78 is 0. The number of nitrogens with one attached hydrogen (secondary N) is 8. The largest absolute Gasteiger partial charge is 0.354 e. The molecule has 88 heavy (non-hydrogen) atoms. The van der Waals surface area contributed by atoms with E-state index < -0.39 is 72.0 Å². The molecule has 0 aromatic heterocycles. The van der Waals surface area contributed by atoms with Crippen molar-refractivity contribution in [2.24, 2.45) is 11.8 Å². The normalized spacial score (nSPS) is 19.4. The number of carbonyl (C=O) groups is 8. The topological polar surface area (TPSA) is 239 Å². The van der Waals surface area contributed by atoms with E-state index in [4.69, 9.17) is 0 Å². The van der Waals surface area contributed by atoms with Gasteiger partial charge in [-0.2, -0.15) is 0 Å². The molecule has 4 aromatic rings. The van der Waals surface area contributed by atoms with Gasteiger partial charge < -0.3 is 52.3 Å². The molecule has 474 valence electrons. The summed E-state index contributed by atoms with van der Waals surface area (Å²) in [6.45, 7) is 4.88. The van der Waals surface area contributed by atoms with E-state index in [1.807, 2.05) is 121 Å². The van der Waals surface area contributed by atoms with Crippen molar-refractivity contribution in [2.75, 3.05) is 40.3 Å². The quantitative estimate of drug-likeness (QED) is 0.0267. The number of likely N-dealkylation sites (N-methyl/N-ethyl adjacent to an activating group) is 2. The molecule has 2 saturated heterocycles. The number of nitrogens with zero attached hydrogens (tertiary/aromatic N) is 2. The lowest BCUT2D eigenvalue weighted by Crippen LogP contribution is -2.59. The van der Waals surface area contributed by atoms with Gasteiger partial charge in [0.15, 0.2) is 0 Å². The summed E-state index contributed by atoms with van der Waals surface area (Å²) in [7, 11) is 3.41. The zero-order chi connectivity index (χ0) is 62.4. The third-order valence-electron chi connectivity index (χ3n) is 18.9. The maximum Gasteiger partial charge on any atom is 0.246 e. The summed E-state index contributed by atoms with van der Waals surface area (Å²) in [5.74, 6) is -3.84. The molecule has 0 radical (unpaired) electrons. The van der Waals surface area contributed by atoms with Gasteiger partial charge >= 0.3 is 0 Å². The van der Waals surface area contributed by atoms with E-state index >= 15 is 0 Å². The molecular formula is C70H96N10O8. The van der Waals surface area contributed by atoms with Crippen LogP contribution >= 0.6 is 0 Å². The predicted molar refractivity (Wildman–Crippen MR) is 341 cm³/mol. The molecule has 8 unspecified atom stereocenters. The fourth-order valence-electron chi connectivity index (χ4n) is 13.6. The Hall–Kier alpha value is -7.44. The molecule has 4 aromatic carbocycles. The van der Waals surface area contributed by atoms with Crippen LogP contribution in [0, 0.1) is 11.8 Å². The number of likely N-dealkylation sites (tertiary alicyclic amines) is 2. The van der Waals surface area contributed by atoms with Gasteiger partial charge in [0.25, 0.3) is 0 Å².